The molecule has 1 heterocycles. The van der Waals surface area contributed by atoms with E-state index in [9.17, 15) is 27.1 Å². The lowest BCUT2D eigenvalue weighted by Gasteiger charge is -2.38. The molecule has 0 radical (unpaired) electrons. The number of ether oxygens (including phenoxy) is 1. The molecule has 0 unspecified atom stereocenters. The molecule has 1 aliphatic heterocycles. The van der Waals surface area contributed by atoms with Gasteiger partial charge < -0.3 is 9.84 Å². The average Bonchev–Trinajstić information content (AvgIpc) is 2.83. The van der Waals surface area contributed by atoms with Gasteiger partial charge in [-0.25, -0.2) is 17.2 Å². The summed E-state index contributed by atoms with van der Waals surface area (Å²) < 4.78 is 61.4. The van der Waals surface area contributed by atoms with E-state index in [0.717, 1.165) is 5.56 Å². The predicted octanol–water partition coefficient (Wildman–Crippen LogP) is 6.06. The molecule has 0 aliphatic carbocycles. The number of carbonyl (C=O) groups is 1. The number of aliphatic carboxylic acids is 1. The molecule has 3 aromatic carbocycles. The van der Waals surface area contributed by atoms with Crippen LogP contribution in [0.25, 0.3) is 11.1 Å². The Balaban J connectivity index is 1.82. The van der Waals surface area contributed by atoms with Crippen LogP contribution in [0.1, 0.15) is 37.8 Å². The van der Waals surface area contributed by atoms with Crippen molar-refractivity contribution in [2.24, 2.45) is 5.41 Å². The van der Waals surface area contributed by atoms with Crippen molar-refractivity contribution < 1.29 is 31.8 Å². The zero-order valence-electron chi connectivity index (χ0n) is 20.1. The van der Waals surface area contributed by atoms with Gasteiger partial charge in [0.25, 0.3) is 16.4 Å². The molecule has 9 heteroatoms. The van der Waals surface area contributed by atoms with Gasteiger partial charge in [-0.2, -0.15) is 0 Å². The zero-order chi connectivity index (χ0) is 26.3. The fourth-order valence-electron chi connectivity index (χ4n) is 4.24. The van der Waals surface area contributed by atoms with Crippen LogP contribution in [0, 0.1) is 12.3 Å². The molecule has 0 spiro atoms. The van der Waals surface area contributed by atoms with Gasteiger partial charge in [-0.3, -0.25) is 9.10 Å². The number of sulfonamides is 1. The van der Waals surface area contributed by atoms with Crippen LogP contribution < -0.4 is 9.04 Å². The van der Waals surface area contributed by atoms with Gasteiger partial charge in [0.1, 0.15) is 11.9 Å². The molecular weight excluding hydrogens is 488 g/mol. The molecule has 6 nitrogen and oxygen atoms in total. The lowest BCUT2D eigenvalue weighted by molar-refractivity contribution is -0.148. The second-order valence-electron chi connectivity index (χ2n) is 9.59. The number of carboxylic acids is 1. The molecule has 1 N–H and O–H groups in total. The van der Waals surface area contributed by atoms with Crippen LogP contribution in [-0.4, -0.2) is 32.1 Å². The quantitative estimate of drug-likeness (QED) is 0.414. The van der Waals surface area contributed by atoms with Crippen LogP contribution in [0.5, 0.6) is 5.75 Å². The number of benzene rings is 3. The number of fused-ring (bicyclic) bond motifs is 1. The molecular formula is C27H27F2NO5S. The molecule has 4 rings (SSSR count). The first kappa shape index (κ1) is 25.6. The number of anilines is 1. The van der Waals surface area contributed by atoms with Gasteiger partial charge in [0, 0.05) is 12.0 Å². The van der Waals surface area contributed by atoms with Crippen molar-refractivity contribution in [2.75, 3.05) is 10.8 Å². The molecule has 1 aliphatic rings. The number of rotatable bonds is 7. The summed E-state index contributed by atoms with van der Waals surface area (Å²) in [6.45, 7) is 4.82. The van der Waals surface area contributed by atoms with Crippen LogP contribution in [0.2, 0.25) is 0 Å². The van der Waals surface area contributed by atoms with Gasteiger partial charge in [0.2, 0.25) is 0 Å². The van der Waals surface area contributed by atoms with E-state index in [2.05, 4.69) is 0 Å². The highest BCUT2D eigenvalue weighted by molar-refractivity contribution is 7.92. The van der Waals surface area contributed by atoms with E-state index < -0.39 is 33.9 Å². The Kier molecular flexibility index (Phi) is 6.79. The standard InChI is InChI=1S/C27H27F2NO5S/c1-17-6-4-9-22(12-17)36(33,34)30-16-21(15-27(2,3)26(31)32)35-24-11-10-19(14-23(24)30)18-7-5-8-20(13-18)25(28)29/h4-14,21,25H,15-16H2,1-3H3,(H,31,32)/t21-/m0/s1. The lowest BCUT2D eigenvalue weighted by Crippen LogP contribution is -2.46. The molecule has 36 heavy (non-hydrogen) atoms. The predicted molar refractivity (Wildman–Crippen MR) is 133 cm³/mol. The molecule has 0 saturated carbocycles. The second-order valence-corrected chi connectivity index (χ2v) is 11.5. The van der Waals surface area contributed by atoms with Crippen LogP contribution in [0.3, 0.4) is 0 Å². The number of halogens is 2. The third-order valence-corrected chi connectivity index (χ3v) is 8.03. The van der Waals surface area contributed by atoms with Crippen molar-refractivity contribution in [3.05, 3.63) is 77.9 Å². The Hall–Kier alpha value is -3.46. The van der Waals surface area contributed by atoms with Crippen LogP contribution >= 0.6 is 0 Å². The van der Waals surface area contributed by atoms with E-state index in [0.29, 0.717) is 11.1 Å². The third-order valence-electron chi connectivity index (χ3n) is 6.26. The van der Waals surface area contributed by atoms with Gasteiger partial charge in [-0.05, 0) is 67.8 Å². The fraction of sp³-hybridized carbons (Fsp3) is 0.296. The minimum absolute atomic E-state index is 0.0831. The number of carboxylic acid groups (broad SMARTS) is 1. The Morgan fingerprint density at radius 1 is 1.08 bits per heavy atom. The van der Waals surface area contributed by atoms with Crippen molar-refractivity contribution >= 4 is 21.7 Å². The summed E-state index contributed by atoms with van der Waals surface area (Å²) in [6.07, 6.45) is -3.27. The van der Waals surface area contributed by atoms with Crippen molar-refractivity contribution in [1.82, 2.24) is 0 Å². The van der Waals surface area contributed by atoms with Gasteiger partial charge in [0.05, 0.1) is 22.5 Å². The highest BCUT2D eigenvalue weighted by Crippen LogP contribution is 2.42. The van der Waals surface area contributed by atoms with Crippen molar-refractivity contribution in [1.29, 1.82) is 0 Å². The number of alkyl halides is 2. The molecule has 3 aromatic rings. The summed E-state index contributed by atoms with van der Waals surface area (Å²) in [4.78, 5) is 11.8. The normalized spacial score (nSPS) is 15.9. The zero-order valence-corrected chi connectivity index (χ0v) is 20.9. The molecule has 0 aromatic heterocycles. The number of hydrogen-bond acceptors (Lipinski definition) is 4. The third kappa shape index (κ3) is 5.06. The van der Waals surface area contributed by atoms with E-state index >= 15 is 0 Å². The number of aryl methyl sites for hydroxylation is 1. The van der Waals surface area contributed by atoms with Crippen molar-refractivity contribution in [3.8, 4) is 16.9 Å². The highest BCUT2D eigenvalue weighted by atomic mass is 32.2. The molecule has 1 atom stereocenters. The summed E-state index contributed by atoms with van der Waals surface area (Å²) in [6, 6.07) is 17.3. The summed E-state index contributed by atoms with van der Waals surface area (Å²) >= 11 is 0. The molecule has 0 fully saturated rings. The first-order valence-corrected chi connectivity index (χ1v) is 12.8. The monoisotopic (exact) mass is 515 g/mol. The lowest BCUT2D eigenvalue weighted by atomic mass is 9.86. The van der Waals surface area contributed by atoms with Gasteiger partial charge in [-0.15, -0.1) is 0 Å². The molecule has 0 bridgehead atoms. The van der Waals surface area contributed by atoms with Crippen LogP contribution in [0.4, 0.5) is 14.5 Å². The van der Waals surface area contributed by atoms with Gasteiger partial charge >= 0.3 is 5.97 Å². The molecule has 0 saturated heterocycles. The van der Waals surface area contributed by atoms with Crippen LogP contribution in [-0.2, 0) is 14.8 Å². The SMILES string of the molecule is Cc1cccc(S(=O)(=O)N2C[C@H](CC(C)(C)C(=O)O)Oc3ccc(-c4cccc(C(F)F)c4)cc32)c1. The van der Waals surface area contributed by atoms with E-state index in [-0.39, 0.29) is 34.9 Å². The first-order valence-electron chi connectivity index (χ1n) is 11.4. The van der Waals surface area contributed by atoms with E-state index in [1.54, 1.807) is 63.2 Å². The number of hydrogen-bond donors (Lipinski definition) is 1. The maximum absolute atomic E-state index is 13.8. The van der Waals surface area contributed by atoms with Gasteiger partial charge in [-0.1, -0.05) is 36.4 Å². The second kappa shape index (κ2) is 9.54. The Bertz CT molecular complexity index is 1400. The minimum Gasteiger partial charge on any atom is -0.486 e. The van der Waals surface area contributed by atoms with Crippen LogP contribution in [0.15, 0.2) is 71.6 Å². The van der Waals surface area contributed by atoms with E-state index in [1.807, 2.05) is 0 Å². The van der Waals surface area contributed by atoms with E-state index in [4.69, 9.17) is 4.74 Å². The summed E-state index contributed by atoms with van der Waals surface area (Å²) in [5, 5.41) is 9.58. The Labute approximate surface area is 209 Å². The van der Waals surface area contributed by atoms with Crippen molar-refractivity contribution in [2.45, 2.75) is 44.6 Å². The largest absolute Gasteiger partial charge is 0.486 e. The maximum Gasteiger partial charge on any atom is 0.309 e. The van der Waals surface area contributed by atoms with Crippen molar-refractivity contribution in [3.63, 3.8) is 0 Å². The smallest absolute Gasteiger partial charge is 0.309 e. The summed E-state index contributed by atoms with van der Waals surface area (Å²) in [5.74, 6) is -0.739. The molecule has 0 amide bonds. The molecule has 190 valence electrons. The van der Waals surface area contributed by atoms with E-state index in [1.165, 1.54) is 28.6 Å². The highest BCUT2D eigenvalue weighted by Gasteiger charge is 2.39. The first-order chi connectivity index (χ1) is 16.9. The minimum atomic E-state index is -4.04. The van der Waals surface area contributed by atoms with Gasteiger partial charge in [0.15, 0.2) is 0 Å². The average molecular weight is 516 g/mol. The number of nitrogens with zero attached hydrogens (tertiary/aromatic N) is 1. The maximum atomic E-state index is 13.8. The summed E-state index contributed by atoms with van der Waals surface area (Å²) in [5.41, 5.74) is 0.816. The Morgan fingerprint density at radius 2 is 1.78 bits per heavy atom. The topological polar surface area (TPSA) is 83.9 Å². The Morgan fingerprint density at radius 3 is 2.44 bits per heavy atom. The fourth-order valence-corrected chi connectivity index (χ4v) is 5.84. The summed E-state index contributed by atoms with van der Waals surface area (Å²) in [7, 11) is -4.04.